The molecule has 0 aliphatic heterocycles. The normalized spacial score (nSPS) is 10.9. The molecule has 0 bridgehead atoms. The van der Waals surface area contributed by atoms with Gasteiger partial charge in [-0.15, -0.1) is 0 Å². The van der Waals surface area contributed by atoms with Crippen molar-refractivity contribution in [2.24, 2.45) is 0 Å². The summed E-state index contributed by atoms with van der Waals surface area (Å²) in [6, 6.07) is 15.5. The average molecular weight is 446 g/mol. The van der Waals surface area contributed by atoms with Gasteiger partial charge in [0.2, 0.25) is 0 Å². The predicted molar refractivity (Wildman–Crippen MR) is 127 cm³/mol. The Morgan fingerprint density at radius 3 is 2.33 bits per heavy atom. The molecule has 0 atom stereocenters. The van der Waals surface area contributed by atoms with Crippen LogP contribution in [0.4, 0.5) is 0 Å². The monoisotopic (exact) mass is 445 g/mol. The van der Waals surface area contributed by atoms with Gasteiger partial charge in [-0.05, 0) is 45.4 Å². The number of aryl methyl sites for hydroxylation is 1. The number of hydrogen-bond donors (Lipinski definition) is 0. The molecule has 0 aliphatic carbocycles. The van der Waals surface area contributed by atoms with E-state index in [1.807, 2.05) is 69.3 Å². The maximum absolute atomic E-state index is 12.7. The van der Waals surface area contributed by atoms with Crippen LogP contribution in [0.15, 0.2) is 54.7 Å². The van der Waals surface area contributed by atoms with Crippen LogP contribution in [-0.4, -0.2) is 40.4 Å². The molecule has 0 saturated carbocycles. The second-order valence-corrected chi connectivity index (χ2v) is 7.33. The maximum atomic E-state index is 12.7. The van der Waals surface area contributed by atoms with Crippen LogP contribution in [0.3, 0.4) is 0 Å². The van der Waals surface area contributed by atoms with Gasteiger partial charge < -0.3 is 14.2 Å². The lowest BCUT2D eigenvalue weighted by atomic mass is 10.0. The molecule has 0 saturated heterocycles. The van der Waals surface area contributed by atoms with E-state index in [9.17, 15) is 4.79 Å². The molecule has 7 nitrogen and oxygen atoms in total. The lowest BCUT2D eigenvalue weighted by molar-refractivity contribution is 0.0526. The first-order valence-electron chi connectivity index (χ1n) is 11.1. The van der Waals surface area contributed by atoms with E-state index in [4.69, 9.17) is 19.3 Å². The van der Waals surface area contributed by atoms with Gasteiger partial charge in [-0.1, -0.05) is 36.4 Å². The van der Waals surface area contributed by atoms with Gasteiger partial charge >= 0.3 is 5.97 Å². The standard InChI is InChI=1S/C26H27N3O4/c1-5-31-21-14-13-19(15-22(21)32-6-2)23-17(4)28-29-24(18-11-9-8-10-12-18)20(16-27-25(23)29)26(30)33-7-3/h8-16H,5-7H2,1-4H3. The molecule has 2 aromatic carbocycles. The molecule has 0 fully saturated rings. The summed E-state index contributed by atoms with van der Waals surface area (Å²) in [5, 5.41) is 4.78. The molecular weight excluding hydrogens is 418 g/mol. The zero-order valence-corrected chi connectivity index (χ0v) is 19.3. The van der Waals surface area contributed by atoms with Gasteiger partial charge in [0, 0.05) is 17.3 Å². The van der Waals surface area contributed by atoms with E-state index < -0.39 is 5.97 Å². The Labute approximate surface area is 192 Å². The third-order valence-electron chi connectivity index (χ3n) is 5.19. The van der Waals surface area contributed by atoms with Crippen molar-refractivity contribution < 1.29 is 19.0 Å². The van der Waals surface area contributed by atoms with Gasteiger partial charge in [0.05, 0.1) is 31.2 Å². The summed E-state index contributed by atoms with van der Waals surface area (Å²) in [5.74, 6) is 0.932. The van der Waals surface area contributed by atoms with Crippen LogP contribution in [0.1, 0.15) is 36.8 Å². The summed E-state index contributed by atoms with van der Waals surface area (Å²) in [7, 11) is 0. The highest BCUT2D eigenvalue weighted by atomic mass is 16.5. The van der Waals surface area contributed by atoms with Gasteiger partial charge in [0.15, 0.2) is 17.1 Å². The summed E-state index contributed by atoms with van der Waals surface area (Å²) in [4.78, 5) is 17.4. The first-order valence-corrected chi connectivity index (χ1v) is 11.1. The molecule has 0 unspecified atom stereocenters. The molecule has 0 radical (unpaired) electrons. The zero-order chi connectivity index (χ0) is 23.4. The molecule has 2 heterocycles. The van der Waals surface area contributed by atoms with Crippen molar-refractivity contribution in [3.8, 4) is 33.9 Å². The van der Waals surface area contributed by atoms with Crippen LogP contribution < -0.4 is 9.47 Å². The van der Waals surface area contributed by atoms with Gasteiger partial charge in [-0.3, -0.25) is 0 Å². The van der Waals surface area contributed by atoms with E-state index in [0.29, 0.717) is 41.6 Å². The van der Waals surface area contributed by atoms with Gasteiger partial charge in [-0.2, -0.15) is 5.10 Å². The fraction of sp³-hybridized carbons (Fsp3) is 0.269. The van der Waals surface area contributed by atoms with Crippen LogP contribution in [0.25, 0.3) is 28.0 Å². The van der Waals surface area contributed by atoms with Crippen LogP contribution in [-0.2, 0) is 4.74 Å². The number of hydrogen-bond acceptors (Lipinski definition) is 6. The maximum Gasteiger partial charge on any atom is 0.341 e. The van der Waals surface area contributed by atoms with Crippen LogP contribution in [0, 0.1) is 6.92 Å². The second-order valence-electron chi connectivity index (χ2n) is 7.33. The molecule has 0 amide bonds. The fourth-order valence-corrected chi connectivity index (χ4v) is 3.87. The van der Waals surface area contributed by atoms with E-state index in [2.05, 4.69) is 4.98 Å². The van der Waals surface area contributed by atoms with Crippen molar-refractivity contribution in [3.63, 3.8) is 0 Å². The number of ether oxygens (including phenoxy) is 3. The lowest BCUT2D eigenvalue weighted by Gasteiger charge is -2.13. The summed E-state index contributed by atoms with van der Waals surface area (Å²) in [6.07, 6.45) is 1.57. The van der Waals surface area contributed by atoms with Gasteiger partial charge in [-0.25, -0.2) is 14.3 Å². The van der Waals surface area contributed by atoms with Crippen molar-refractivity contribution in [2.75, 3.05) is 19.8 Å². The molecule has 0 spiro atoms. The summed E-state index contributed by atoms with van der Waals surface area (Å²) < 4.78 is 18.5. The quantitative estimate of drug-likeness (QED) is 0.341. The molecule has 33 heavy (non-hydrogen) atoms. The van der Waals surface area contributed by atoms with Crippen molar-refractivity contribution in [1.82, 2.24) is 14.6 Å². The number of fused-ring (bicyclic) bond motifs is 1. The first-order chi connectivity index (χ1) is 16.1. The number of nitrogens with zero attached hydrogens (tertiary/aromatic N) is 3. The highest BCUT2D eigenvalue weighted by Crippen LogP contribution is 2.37. The van der Waals surface area contributed by atoms with Gasteiger partial charge in [0.25, 0.3) is 0 Å². The predicted octanol–water partition coefficient (Wildman–Crippen LogP) is 5.35. The highest BCUT2D eigenvalue weighted by Gasteiger charge is 2.23. The zero-order valence-electron chi connectivity index (χ0n) is 19.3. The topological polar surface area (TPSA) is 75.0 Å². The molecule has 2 aromatic heterocycles. The minimum Gasteiger partial charge on any atom is -0.490 e. The largest absolute Gasteiger partial charge is 0.490 e. The Morgan fingerprint density at radius 2 is 1.64 bits per heavy atom. The van der Waals surface area contributed by atoms with Gasteiger partial charge in [0.1, 0.15) is 5.56 Å². The fourth-order valence-electron chi connectivity index (χ4n) is 3.87. The molecule has 170 valence electrons. The molecule has 0 N–H and O–H groups in total. The number of carbonyl (C=O) groups excluding carboxylic acids is 1. The van der Waals surface area contributed by atoms with Crippen LogP contribution in [0.5, 0.6) is 11.5 Å². The minimum atomic E-state index is -0.430. The van der Waals surface area contributed by atoms with Crippen molar-refractivity contribution in [2.45, 2.75) is 27.7 Å². The van der Waals surface area contributed by atoms with Crippen molar-refractivity contribution in [3.05, 3.63) is 66.0 Å². The van der Waals surface area contributed by atoms with E-state index >= 15 is 0 Å². The van der Waals surface area contributed by atoms with Crippen molar-refractivity contribution >= 4 is 11.6 Å². The van der Waals surface area contributed by atoms with E-state index in [-0.39, 0.29) is 6.61 Å². The SMILES string of the molecule is CCOC(=O)c1cnc2c(-c3ccc(OCC)c(OCC)c3)c(C)nn2c1-c1ccccc1. The Bertz CT molecular complexity index is 1280. The summed E-state index contributed by atoms with van der Waals surface area (Å²) in [6.45, 7) is 8.94. The summed E-state index contributed by atoms with van der Waals surface area (Å²) in [5.41, 5.74) is 5.06. The number of rotatable bonds is 8. The van der Waals surface area contributed by atoms with E-state index in [1.54, 1.807) is 17.6 Å². The number of aromatic nitrogens is 3. The number of carbonyl (C=O) groups is 1. The van der Waals surface area contributed by atoms with E-state index in [0.717, 1.165) is 22.4 Å². The van der Waals surface area contributed by atoms with E-state index in [1.165, 1.54) is 0 Å². The Kier molecular flexibility index (Phi) is 6.58. The van der Waals surface area contributed by atoms with Crippen LogP contribution in [0.2, 0.25) is 0 Å². The molecule has 7 heteroatoms. The third kappa shape index (κ3) is 4.26. The molecular formula is C26H27N3O4. The summed E-state index contributed by atoms with van der Waals surface area (Å²) >= 11 is 0. The van der Waals surface area contributed by atoms with Crippen LogP contribution >= 0.6 is 0 Å². The average Bonchev–Trinajstić information content (AvgIpc) is 3.16. The second kappa shape index (κ2) is 9.73. The third-order valence-corrected chi connectivity index (χ3v) is 5.19. The molecule has 0 aliphatic rings. The Morgan fingerprint density at radius 1 is 0.909 bits per heavy atom. The Hall–Kier alpha value is -3.87. The van der Waals surface area contributed by atoms with Crippen molar-refractivity contribution in [1.29, 1.82) is 0 Å². The molecule has 4 aromatic rings. The first kappa shape index (κ1) is 22.3. The number of benzene rings is 2. The smallest absolute Gasteiger partial charge is 0.341 e. The highest BCUT2D eigenvalue weighted by molar-refractivity contribution is 5.97. The lowest BCUT2D eigenvalue weighted by Crippen LogP contribution is -2.11. The minimum absolute atomic E-state index is 0.279. The molecule has 4 rings (SSSR count). The number of esters is 1. The Balaban J connectivity index is 1.95.